The van der Waals surface area contributed by atoms with Gasteiger partial charge in [0.1, 0.15) is 5.82 Å². The maximum absolute atomic E-state index is 11.9. The lowest BCUT2D eigenvalue weighted by atomic mass is 10.2. The Morgan fingerprint density at radius 2 is 1.89 bits per heavy atom. The number of nitrogens with zero attached hydrogens (tertiary/aromatic N) is 1. The van der Waals surface area contributed by atoms with Gasteiger partial charge >= 0.3 is 0 Å². The minimum absolute atomic E-state index is 0.178. The van der Waals surface area contributed by atoms with Crippen LogP contribution in [0.2, 0.25) is 0 Å². The van der Waals surface area contributed by atoms with Crippen molar-refractivity contribution in [2.45, 2.75) is 11.3 Å². The van der Waals surface area contributed by atoms with E-state index in [0.29, 0.717) is 13.0 Å². The third-order valence-corrected chi connectivity index (χ3v) is 5.42. The fourth-order valence-electron chi connectivity index (χ4n) is 2.53. The van der Waals surface area contributed by atoms with Crippen LogP contribution in [0.5, 0.6) is 0 Å². The van der Waals surface area contributed by atoms with Crippen molar-refractivity contribution < 1.29 is 13.2 Å². The van der Waals surface area contributed by atoms with Crippen LogP contribution in [0.3, 0.4) is 0 Å². The van der Waals surface area contributed by atoms with Gasteiger partial charge in [-0.15, -0.1) is 0 Å². The first-order valence-electron chi connectivity index (χ1n) is 8.41. The number of hydrogen-bond donors (Lipinski definition) is 3. The van der Waals surface area contributed by atoms with Gasteiger partial charge in [0.05, 0.1) is 15.9 Å². The molecule has 1 heterocycles. The summed E-state index contributed by atoms with van der Waals surface area (Å²) >= 11 is 0. The molecular formula is C19H20N4O3S. The fraction of sp³-hybridized carbons (Fsp3) is 0.158. The third kappa shape index (κ3) is 4.81. The molecule has 8 heteroatoms. The monoisotopic (exact) mass is 384 g/mol. The Balaban J connectivity index is 1.51. The Morgan fingerprint density at radius 3 is 2.59 bits per heavy atom. The second-order valence-corrected chi connectivity index (χ2v) is 7.74. The summed E-state index contributed by atoms with van der Waals surface area (Å²) in [6.07, 6.45) is 3.65. The second kappa shape index (κ2) is 8.15. The number of nitrogens with one attached hydrogen (secondary N) is 3. The van der Waals surface area contributed by atoms with E-state index in [9.17, 15) is 13.2 Å². The topological polar surface area (TPSA) is 104 Å². The summed E-state index contributed by atoms with van der Waals surface area (Å²) in [4.78, 5) is 19.8. The van der Waals surface area contributed by atoms with Crippen LogP contribution in [0.25, 0.3) is 17.1 Å². The number of aromatic nitrogens is 2. The highest BCUT2D eigenvalue weighted by atomic mass is 32.2. The highest BCUT2D eigenvalue weighted by molar-refractivity contribution is 7.89. The van der Waals surface area contributed by atoms with Crippen LogP contribution in [0.1, 0.15) is 11.4 Å². The van der Waals surface area contributed by atoms with Crippen molar-refractivity contribution in [3.05, 3.63) is 66.0 Å². The standard InChI is InChI=1S/C19H20N4O3S/c1-20-27(25,26)15-9-6-14(7-10-15)8-11-19(24)21-13-12-18-22-16-4-2-3-5-17(16)23-18/h2-11,20H,12-13H2,1H3,(H,21,24)(H,22,23)/b11-8+. The van der Waals surface area contributed by atoms with Gasteiger partial charge in [-0.3, -0.25) is 4.79 Å². The van der Waals surface area contributed by atoms with Gasteiger partial charge < -0.3 is 10.3 Å². The largest absolute Gasteiger partial charge is 0.352 e. The lowest BCUT2D eigenvalue weighted by Crippen LogP contribution is -2.23. The van der Waals surface area contributed by atoms with Crippen LogP contribution >= 0.6 is 0 Å². The number of H-pyrrole nitrogens is 1. The first-order chi connectivity index (χ1) is 13.0. The molecule has 27 heavy (non-hydrogen) atoms. The Bertz CT molecular complexity index is 1040. The predicted octanol–water partition coefficient (Wildman–Crippen LogP) is 1.84. The fourth-order valence-corrected chi connectivity index (χ4v) is 3.27. The van der Waals surface area contributed by atoms with Gasteiger partial charge in [-0.2, -0.15) is 0 Å². The van der Waals surface area contributed by atoms with Crippen molar-refractivity contribution in [3.63, 3.8) is 0 Å². The molecule has 0 spiro atoms. The molecule has 0 unspecified atom stereocenters. The summed E-state index contributed by atoms with van der Waals surface area (Å²) in [6, 6.07) is 14.0. The summed E-state index contributed by atoms with van der Waals surface area (Å²) in [7, 11) is -2.10. The summed E-state index contributed by atoms with van der Waals surface area (Å²) in [5.74, 6) is 0.597. The van der Waals surface area contributed by atoms with E-state index in [1.165, 1.54) is 25.3 Å². The van der Waals surface area contributed by atoms with Crippen LogP contribution in [-0.4, -0.2) is 37.9 Å². The molecular weight excluding hydrogens is 364 g/mol. The third-order valence-electron chi connectivity index (χ3n) is 3.99. The van der Waals surface area contributed by atoms with Gasteiger partial charge in [0.2, 0.25) is 15.9 Å². The highest BCUT2D eigenvalue weighted by Crippen LogP contribution is 2.11. The molecule has 0 saturated heterocycles. The molecule has 3 rings (SSSR count). The number of fused-ring (bicyclic) bond motifs is 1. The zero-order chi connectivity index (χ0) is 19.3. The van der Waals surface area contributed by atoms with Crippen molar-refractivity contribution in [1.29, 1.82) is 0 Å². The summed E-state index contributed by atoms with van der Waals surface area (Å²) < 4.78 is 25.6. The minimum Gasteiger partial charge on any atom is -0.352 e. The highest BCUT2D eigenvalue weighted by Gasteiger charge is 2.09. The molecule has 0 saturated carbocycles. The molecule has 0 bridgehead atoms. The van der Waals surface area contributed by atoms with Crippen LogP contribution in [0, 0.1) is 0 Å². The van der Waals surface area contributed by atoms with Gasteiger partial charge in [-0.1, -0.05) is 24.3 Å². The zero-order valence-corrected chi connectivity index (χ0v) is 15.6. The van der Waals surface area contributed by atoms with Gasteiger partial charge in [0, 0.05) is 19.0 Å². The number of carbonyl (C=O) groups is 1. The number of benzene rings is 2. The maximum atomic E-state index is 11.9. The van der Waals surface area contributed by atoms with E-state index in [1.807, 2.05) is 24.3 Å². The van der Waals surface area contributed by atoms with Gasteiger partial charge in [0.25, 0.3) is 0 Å². The van der Waals surface area contributed by atoms with E-state index in [0.717, 1.165) is 22.4 Å². The molecule has 140 valence electrons. The van der Waals surface area contributed by atoms with Gasteiger partial charge in [0.15, 0.2) is 0 Å². The van der Waals surface area contributed by atoms with E-state index < -0.39 is 10.0 Å². The molecule has 0 fully saturated rings. The van der Waals surface area contributed by atoms with Crippen molar-refractivity contribution in [2.24, 2.45) is 0 Å². The number of carbonyl (C=O) groups excluding carboxylic acids is 1. The van der Waals surface area contributed by atoms with Crippen LogP contribution < -0.4 is 10.0 Å². The number of imidazole rings is 1. The number of sulfonamides is 1. The SMILES string of the molecule is CNS(=O)(=O)c1ccc(/C=C/C(=O)NCCc2nc3ccccc3[nH]2)cc1. The van der Waals surface area contributed by atoms with Gasteiger partial charge in [-0.05, 0) is 43.0 Å². The first-order valence-corrected chi connectivity index (χ1v) is 9.89. The molecule has 0 aliphatic rings. The second-order valence-electron chi connectivity index (χ2n) is 5.85. The van der Waals surface area contributed by atoms with Gasteiger partial charge in [-0.25, -0.2) is 18.1 Å². The van der Waals surface area contributed by atoms with Crippen LogP contribution in [0.15, 0.2) is 59.5 Å². The molecule has 0 aliphatic heterocycles. The smallest absolute Gasteiger partial charge is 0.244 e. The predicted molar refractivity (Wildman–Crippen MR) is 105 cm³/mol. The average molecular weight is 384 g/mol. The lowest BCUT2D eigenvalue weighted by molar-refractivity contribution is -0.116. The normalized spacial score (nSPS) is 11.9. The maximum Gasteiger partial charge on any atom is 0.244 e. The van der Waals surface area contributed by atoms with Crippen molar-refractivity contribution in [3.8, 4) is 0 Å². The van der Waals surface area contributed by atoms with E-state index in [1.54, 1.807) is 18.2 Å². The Labute approximate surface area is 157 Å². The quantitative estimate of drug-likeness (QED) is 0.541. The molecule has 1 amide bonds. The summed E-state index contributed by atoms with van der Waals surface area (Å²) in [6.45, 7) is 0.461. The lowest BCUT2D eigenvalue weighted by Gasteiger charge is -2.02. The number of rotatable bonds is 7. The van der Waals surface area contributed by atoms with Crippen LogP contribution in [0.4, 0.5) is 0 Å². The molecule has 0 radical (unpaired) electrons. The zero-order valence-electron chi connectivity index (χ0n) is 14.8. The molecule has 1 aromatic heterocycles. The average Bonchev–Trinajstić information content (AvgIpc) is 3.09. The van der Waals surface area contributed by atoms with E-state index in [2.05, 4.69) is 20.0 Å². The molecule has 0 atom stereocenters. The van der Waals surface area contributed by atoms with Crippen LogP contribution in [-0.2, 0) is 21.2 Å². The molecule has 2 aromatic carbocycles. The Kier molecular flexibility index (Phi) is 5.68. The minimum atomic E-state index is -3.46. The Morgan fingerprint density at radius 1 is 1.15 bits per heavy atom. The van der Waals surface area contributed by atoms with Crippen molar-refractivity contribution in [2.75, 3.05) is 13.6 Å². The summed E-state index contributed by atoms with van der Waals surface area (Å²) in [5, 5.41) is 2.80. The van der Waals surface area contributed by atoms with Crippen molar-refractivity contribution >= 4 is 33.0 Å². The van der Waals surface area contributed by atoms with E-state index in [-0.39, 0.29) is 10.8 Å². The van der Waals surface area contributed by atoms with E-state index >= 15 is 0 Å². The van der Waals surface area contributed by atoms with Crippen molar-refractivity contribution in [1.82, 2.24) is 20.0 Å². The molecule has 3 aromatic rings. The molecule has 0 aliphatic carbocycles. The first kappa shape index (κ1) is 18.8. The summed E-state index contributed by atoms with van der Waals surface area (Å²) in [5.41, 5.74) is 2.61. The number of para-hydroxylation sites is 2. The number of aromatic amines is 1. The number of amides is 1. The Hall–Kier alpha value is -2.97. The number of hydrogen-bond acceptors (Lipinski definition) is 4. The van der Waals surface area contributed by atoms with E-state index in [4.69, 9.17) is 0 Å². The molecule has 7 nitrogen and oxygen atoms in total. The molecule has 3 N–H and O–H groups in total.